The highest BCUT2D eigenvalue weighted by atomic mass is 35.5. The molecular formula is C14H12ClN7. The van der Waals surface area contributed by atoms with Crippen molar-refractivity contribution in [2.75, 3.05) is 18.4 Å². The molecule has 0 saturated carbocycles. The Hall–Kier alpha value is -2.69. The summed E-state index contributed by atoms with van der Waals surface area (Å²) < 4.78 is 1.78. The van der Waals surface area contributed by atoms with E-state index in [9.17, 15) is 0 Å². The lowest BCUT2D eigenvalue weighted by atomic mass is 10.3. The van der Waals surface area contributed by atoms with Crippen molar-refractivity contribution in [1.82, 2.24) is 19.5 Å². The topological polar surface area (TPSA) is 105 Å². The molecule has 0 unspecified atom stereocenters. The van der Waals surface area contributed by atoms with E-state index in [0.29, 0.717) is 35.1 Å². The van der Waals surface area contributed by atoms with Crippen LogP contribution in [0.15, 0.2) is 30.6 Å². The van der Waals surface area contributed by atoms with E-state index in [1.807, 2.05) is 18.2 Å². The van der Waals surface area contributed by atoms with Crippen LogP contribution in [0.4, 0.5) is 5.82 Å². The van der Waals surface area contributed by atoms with Crippen LogP contribution in [-0.2, 0) is 0 Å². The average Bonchev–Trinajstić information content (AvgIpc) is 2.97. The molecule has 110 valence electrons. The van der Waals surface area contributed by atoms with Crippen molar-refractivity contribution < 1.29 is 0 Å². The van der Waals surface area contributed by atoms with Gasteiger partial charge in [0.25, 0.3) is 0 Å². The van der Waals surface area contributed by atoms with Crippen LogP contribution in [0.2, 0.25) is 5.02 Å². The van der Waals surface area contributed by atoms with Gasteiger partial charge in [-0.1, -0.05) is 11.6 Å². The molecule has 0 bridgehead atoms. The molecule has 0 aliphatic heterocycles. The van der Waals surface area contributed by atoms with Crippen molar-refractivity contribution in [3.8, 4) is 11.8 Å². The summed E-state index contributed by atoms with van der Waals surface area (Å²) in [7, 11) is 0. The van der Waals surface area contributed by atoms with Gasteiger partial charge in [0.05, 0.1) is 0 Å². The van der Waals surface area contributed by atoms with Crippen LogP contribution in [-0.4, -0.2) is 32.6 Å². The maximum absolute atomic E-state index is 9.11. The molecule has 2 aromatic heterocycles. The second-order valence-corrected chi connectivity index (χ2v) is 4.92. The number of imidazole rings is 1. The summed E-state index contributed by atoms with van der Waals surface area (Å²) in [5.74, 6) is 0.572. The number of halogens is 1. The molecule has 0 atom stereocenters. The van der Waals surface area contributed by atoms with Gasteiger partial charge in [0.1, 0.15) is 12.4 Å². The van der Waals surface area contributed by atoms with Gasteiger partial charge in [-0.2, -0.15) is 15.2 Å². The normalized spacial score (nSPS) is 10.6. The second-order valence-electron chi connectivity index (χ2n) is 4.49. The Balaban J connectivity index is 2.17. The van der Waals surface area contributed by atoms with Crippen molar-refractivity contribution in [1.29, 1.82) is 5.26 Å². The second kappa shape index (κ2) is 5.97. The molecule has 2 heterocycles. The first-order valence-corrected chi connectivity index (χ1v) is 6.96. The standard InChI is InChI=1S/C14H12ClN7/c15-9-1-3-10(4-2-9)22-8-19-12-13(18-6-5-16)20-11(7-17)21-14(12)22/h1-4,8H,5-6,16H2,(H,18,20,21). The zero-order chi connectivity index (χ0) is 15.5. The molecule has 0 fully saturated rings. The molecule has 7 nitrogen and oxygen atoms in total. The summed E-state index contributed by atoms with van der Waals surface area (Å²) in [5, 5.41) is 12.8. The van der Waals surface area contributed by atoms with Gasteiger partial charge in [0.15, 0.2) is 17.0 Å². The third-order valence-electron chi connectivity index (χ3n) is 3.04. The van der Waals surface area contributed by atoms with Gasteiger partial charge in [0, 0.05) is 23.8 Å². The van der Waals surface area contributed by atoms with Crippen molar-refractivity contribution in [2.24, 2.45) is 5.73 Å². The van der Waals surface area contributed by atoms with Crippen molar-refractivity contribution in [2.45, 2.75) is 0 Å². The lowest BCUT2D eigenvalue weighted by Gasteiger charge is -2.06. The van der Waals surface area contributed by atoms with Gasteiger partial charge < -0.3 is 11.1 Å². The molecule has 0 saturated heterocycles. The van der Waals surface area contributed by atoms with Crippen LogP contribution in [0.25, 0.3) is 16.9 Å². The van der Waals surface area contributed by atoms with Crippen LogP contribution in [0.5, 0.6) is 0 Å². The van der Waals surface area contributed by atoms with Gasteiger partial charge >= 0.3 is 0 Å². The van der Waals surface area contributed by atoms with Gasteiger partial charge in [-0.15, -0.1) is 0 Å². The van der Waals surface area contributed by atoms with Gasteiger partial charge in [-0.05, 0) is 24.3 Å². The summed E-state index contributed by atoms with van der Waals surface area (Å²) in [6, 6.07) is 9.22. The summed E-state index contributed by atoms with van der Waals surface area (Å²) in [6.07, 6.45) is 1.64. The van der Waals surface area contributed by atoms with E-state index >= 15 is 0 Å². The zero-order valence-corrected chi connectivity index (χ0v) is 12.2. The first kappa shape index (κ1) is 14.3. The highest BCUT2D eigenvalue weighted by molar-refractivity contribution is 6.30. The summed E-state index contributed by atoms with van der Waals surface area (Å²) in [5.41, 5.74) is 7.47. The first-order valence-electron chi connectivity index (χ1n) is 6.58. The maximum atomic E-state index is 9.11. The SMILES string of the molecule is N#Cc1nc(NCCN)c2ncn(-c3ccc(Cl)cc3)c2n1. The lowest BCUT2D eigenvalue weighted by molar-refractivity contribution is 1.00. The van der Waals surface area contributed by atoms with Crippen LogP contribution >= 0.6 is 11.6 Å². The minimum atomic E-state index is 0.0720. The van der Waals surface area contributed by atoms with E-state index in [0.717, 1.165) is 5.69 Å². The fourth-order valence-electron chi connectivity index (χ4n) is 2.05. The maximum Gasteiger partial charge on any atom is 0.236 e. The molecule has 0 aliphatic rings. The van der Waals surface area contributed by atoms with Crippen molar-refractivity contribution in [3.05, 3.63) is 41.4 Å². The van der Waals surface area contributed by atoms with Crippen molar-refractivity contribution in [3.63, 3.8) is 0 Å². The Bertz CT molecular complexity index is 848. The minimum Gasteiger partial charge on any atom is -0.367 e. The smallest absolute Gasteiger partial charge is 0.236 e. The highest BCUT2D eigenvalue weighted by Crippen LogP contribution is 2.22. The summed E-state index contributed by atoms with van der Waals surface area (Å²) in [4.78, 5) is 12.7. The molecule has 0 aliphatic carbocycles. The fourth-order valence-corrected chi connectivity index (χ4v) is 2.18. The van der Waals surface area contributed by atoms with E-state index in [-0.39, 0.29) is 5.82 Å². The quantitative estimate of drug-likeness (QED) is 0.759. The van der Waals surface area contributed by atoms with Crippen LogP contribution in [0.3, 0.4) is 0 Å². The molecule has 1 aromatic carbocycles. The monoisotopic (exact) mass is 313 g/mol. The number of nitrogens with zero attached hydrogens (tertiary/aromatic N) is 5. The molecule has 0 spiro atoms. The summed E-state index contributed by atoms with van der Waals surface area (Å²) in [6.45, 7) is 0.982. The van der Waals surface area contributed by atoms with Gasteiger partial charge in [-0.3, -0.25) is 4.57 Å². The minimum absolute atomic E-state index is 0.0720. The van der Waals surface area contributed by atoms with E-state index in [1.165, 1.54) is 0 Å². The number of nitrogens with two attached hydrogens (primary N) is 1. The van der Waals surface area contributed by atoms with Crippen molar-refractivity contribution >= 4 is 28.6 Å². The number of anilines is 1. The Kier molecular flexibility index (Phi) is 3.87. The molecular weight excluding hydrogens is 302 g/mol. The third-order valence-corrected chi connectivity index (χ3v) is 3.29. The largest absolute Gasteiger partial charge is 0.367 e. The third kappa shape index (κ3) is 2.57. The molecule has 0 amide bonds. The average molecular weight is 314 g/mol. The predicted octanol–water partition coefficient (Wildman–Crippen LogP) is 1.71. The lowest BCUT2D eigenvalue weighted by Crippen LogP contribution is -2.15. The van der Waals surface area contributed by atoms with Gasteiger partial charge in [0.2, 0.25) is 5.82 Å². The number of nitriles is 1. The Labute approximate surface area is 131 Å². The number of aromatic nitrogens is 4. The Morgan fingerprint density at radius 1 is 1.27 bits per heavy atom. The van der Waals surface area contributed by atoms with Crippen LogP contribution in [0, 0.1) is 11.3 Å². The summed E-state index contributed by atoms with van der Waals surface area (Å²) >= 11 is 5.91. The number of fused-ring (bicyclic) bond motifs is 1. The van der Waals surface area contributed by atoms with E-state index in [2.05, 4.69) is 20.3 Å². The van der Waals surface area contributed by atoms with E-state index in [1.54, 1.807) is 23.0 Å². The fraction of sp³-hybridized carbons (Fsp3) is 0.143. The van der Waals surface area contributed by atoms with E-state index < -0.39 is 0 Å². The van der Waals surface area contributed by atoms with Crippen LogP contribution < -0.4 is 11.1 Å². The zero-order valence-electron chi connectivity index (χ0n) is 11.5. The number of hydrogen-bond acceptors (Lipinski definition) is 6. The number of rotatable bonds is 4. The number of nitrogens with one attached hydrogen (secondary N) is 1. The van der Waals surface area contributed by atoms with Gasteiger partial charge in [-0.25, -0.2) is 4.98 Å². The molecule has 22 heavy (non-hydrogen) atoms. The Morgan fingerprint density at radius 2 is 2.05 bits per heavy atom. The molecule has 3 N–H and O–H groups in total. The molecule has 3 aromatic rings. The molecule has 3 rings (SSSR count). The first-order chi connectivity index (χ1) is 10.7. The van der Waals surface area contributed by atoms with E-state index in [4.69, 9.17) is 22.6 Å². The highest BCUT2D eigenvalue weighted by Gasteiger charge is 2.13. The molecule has 0 radical (unpaired) electrons. The number of benzene rings is 1. The Morgan fingerprint density at radius 3 is 2.73 bits per heavy atom. The predicted molar refractivity (Wildman–Crippen MR) is 83.9 cm³/mol. The number of hydrogen-bond donors (Lipinski definition) is 2. The molecule has 8 heteroatoms. The van der Waals surface area contributed by atoms with Crippen LogP contribution in [0.1, 0.15) is 5.82 Å².